The maximum atomic E-state index is 12.4. The maximum Gasteiger partial charge on any atom is 0.317 e. The molecule has 1 N–H and O–H groups in total. The summed E-state index contributed by atoms with van der Waals surface area (Å²) in [4.78, 5) is 16.6. The van der Waals surface area contributed by atoms with Gasteiger partial charge in [-0.3, -0.25) is 0 Å². The number of carbonyl (C=O) groups is 1. The van der Waals surface area contributed by atoms with Crippen LogP contribution in [0.25, 0.3) is 0 Å². The van der Waals surface area contributed by atoms with Crippen LogP contribution in [0.15, 0.2) is 34.8 Å². The second kappa shape index (κ2) is 7.29. The molecule has 1 aromatic heterocycles. The molecule has 118 valence electrons. The minimum Gasteiger partial charge on any atom is -0.331 e. The summed E-state index contributed by atoms with van der Waals surface area (Å²) in [5.41, 5.74) is 2.29. The molecule has 2 rings (SSSR count). The lowest BCUT2D eigenvalue weighted by molar-refractivity contribution is 0.203. The predicted octanol–water partition coefficient (Wildman–Crippen LogP) is 5.03. The van der Waals surface area contributed by atoms with Crippen LogP contribution in [0.3, 0.4) is 0 Å². The summed E-state index contributed by atoms with van der Waals surface area (Å²) in [6.07, 6.45) is 0. The Hall–Kier alpha value is -1.33. The van der Waals surface area contributed by atoms with Gasteiger partial charge in [0.2, 0.25) is 0 Å². The van der Waals surface area contributed by atoms with E-state index < -0.39 is 0 Å². The standard InChI is InChI=1S/C17H21BrN2OS/c1-11-9-15(13(3)22-11)12(2)19-17(21)20(4)10-14-7-5-6-8-16(14)18/h5-9,12H,10H2,1-4H3,(H,19,21). The minimum atomic E-state index is -0.0634. The van der Waals surface area contributed by atoms with Gasteiger partial charge in [0, 0.05) is 27.8 Å². The predicted molar refractivity (Wildman–Crippen MR) is 96.3 cm³/mol. The highest BCUT2D eigenvalue weighted by Crippen LogP contribution is 2.26. The molecule has 1 atom stereocenters. The molecule has 0 aliphatic heterocycles. The van der Waals surface area contributed by atoms with E-state index in [2.05, 4.69) is 41.2 Å². The zero-order chi connectivity index (χ0) is 16.3. The minimum absolute atomic E-state index is 0.0131. The van der Waals surface area contributed by atoms with Crippen molar-refractivity contribution in [2.75, 3.05) is 7.05 Å². The summed E-state index contributed by atoms with van der Waals surface area (Å²) >= 11 is 5.28. The van der Waals surface area contributed by atoms with Crippen molar-refractivity contribution in [3.05, 3.63) is 55.7 Å². The molecule has 0 spiro atoms. The van der Waals surface area contributed by atoms with E-state index in [9.17, 15) is 4.79 Å². The van der Waals surface area contributed by atoms with E-state index in [0.717, 1.165) is 10.0 Å². The first-order chi connectivity index (χ1) is 10.4. The number of rotatable bonds is 4. The Morgan fingerprint density at radius 1 is 1.36 bits per heavy atom. The number of benzene rings is 1. The number of amides is 2. The highest BCUT2D eigenvalue weighted by molar-refractivity contribution is 9.10. The third kappa shape index (κ3) is 4.11. The fourth-order valence-electron chi connectivity index (χ4n) is 2.41. The lowest BCUT2D eigenvalue weighted by Crippen LogP contribution is -2.38. The van der Waals surface area contributed by atoms with E-state index in [4.69, 9.17) is 0 Å². The van der Waals surface area contributed by atoms with Crippen LogP contribution in [0, 0.1) is 13.8 Å². The molecular weight excluding hydrogens is 360 g/mol. The number of nitrogens with one attached hydrogen (secondary N) is 1. The average molecular weight is 381 g/mol. The molecule has 3 nitrogen and oxygen atoms in total. The van der Waals surface area contributed by atoms with Gasteiger partial charge in [-0.25, -0.2) is 4.79 Å². The SMILES string of the molecule is Cc1cc(C(C)NC(=O)N(C)Cc2ccccc2Br)c(C)s1. The summed E-state index contributed by atoms with van der Waals surface area (Å²) < 4.78 is 1.02. The molecule has 1 heterocycles. The Balaban J connectivity index is 1.99. The molecule has 1 unspecified atom stereocenters. The molecule has 0 aliphatic carbocycles. The van der Waals surface area contributed by atoms with E-state index in [1.54, 1.807) is 16.2 Å². The number of urea groups is 1. The monoisotopic (exact) mass is 380 g/mol. The van der Waals surface area contributed by atoms with Crippen LogP contribution in [-0.2, 0) is 6.54 Å². The van der Waals surface area contributed by atoms with E-state index in [1.807, 2.05) is 38.2 Å². The normalized spacial score (nSPS) is 12.0. The Morgan fingerprint density at radius 2 is 2.05 bits per heavy atom. The van der Waals surface area contributed by atoms with Gasteiger partial charge >= 0.3 is 6.03 Å². The number of halogens is 1. The van der Waals surface area contributed by atoms with E-state index in [-0.39, 0.29) is 12.1 Å². The quantitative estimate of drug-likeness (QED) is 0.792. The second-order valence-corrected chi connectivity index (χ2v) is 7.80. The molecule has 0 bridgehead atoms. The molecule has 2 amide bonds. The van der Waals surface area contributed by atoms with Crippen molar-refractivity contribution in [3.63, 3.8) is 0 Å². The fraction of sp³-hybridized carbons (Fsp3) is 0.353. The van der Waals surface area contributed by atoms with Gasteiger partial charge in [0.1, 0.15) is 0 Å². The van der Waals surface area contributed by atoms with Crippen LogP contribution in [0.2, 0.25) is 0 Å². The van der Waals surface area contributed by atoms with Gasteiger partial charge < -0.3 is 10.2 Å². The van der Waals surface area contributed by atoms with Gasteiger partial charge in [-0.05, 0) is 44.0 Å². The van der Waals surface area contributed by atoms with Crippen molar-refractivity contribution < 1.29 is 4.79 Å². The zero-order valence-electron chi connectivity index (χ0n) is 13.3. The van der Waals surface area contributed by atoms with Gasteiger partial charge in [-0.15, -0.1) is 11.3 Å². The lowest BCUT2D eigenvalue weighted by atomic mass is 10.1. The Kier molecular flexibility index (Phi) is 5.64. The number of hydrogen-bond donors (Lipinski definition) is 1. The molecule has 0 radical (unpaired) electrons. The molecule has 0 saturated carbocycles. The average Bonchev–Trinajstić information content (AvgIpc) is 2.80. The van der Waals surface area contributed by atoms with Gasteiger partial charge in [-0.1, -0.05) is 34.1 Å². The number of carbonyl (C=O) groups excluding carboxylic acids is 1. The van der Waals surface area contributed by atoms with Gasteiger partial charge in [0.25, 0.3) is 0 Å². The maximum absolute atomic E-state index is 12.4. The summed E-state index contributed by atoms with van der Waals surface area (Å²) in [7, 11) is 1.81. The van der Waals surface area contributed by atoms with Crippen molar-refractivity contribution in [3.8, 4) is 0 Å². The lowest BCUT2D eigenvalue weighted by Gasteiger charge is -2.22. The fourth-order valence-corrected chi connectivity index (χ4v) is 3.84. The first-order valence-corrected chi connectivity index (χ1v) is 8.81. The largest absolute Gasteiger partial charge is 0.331 e. The summed E-state index contributed by atoms with van der Waals surface area (Å²) in [6, 6.07) is 10.1. The van der Waals surface area contributed by atoms with Crippen LogP contribution < -0.4 is 5.32 Å². The Bertz CT molecular complexity index is 668. The Morgan fingerprint density at radius 3 is 2.64 bits per heavy atom. The number of thiophene rings is 1. The smallest absolute Gasteiger partial charge is 0.317 e. The molecule has 22 heavy (non-hydrogen) atoms. The number of aryl methyl sites for hydroxylation is 2. The van der Waals surface area contributed by atoms with Crippen LogP contribution in [0.1, 0.15) is 33.8 Å². The summed E-state index contributed by atoms with van der Waals surface area (Å²) in [5.74, 6) is 0. The Labute approximate surface area is 144 Å². The molecule has 0 aliphatic rings. The van der Waals surface area contributed by atoms with Gasteiger partial charge in [-0.2, -0.15) is 0 Å². The second-order valence-electron chi connectivity index (χ2n) is 5.49. The van der Waals surface area contributed by atoms with Crippen molar-refractivity contribution in [1.82, 2.24) is 10.2 Å². The third-order valence-corrected chi connectivity index (χ3v) is 5.35. The highest BCUT2D eigenvalue weighted by Gasteiger charge is 2.17. The van der Waals surface area contributed by atoms with Crippen LogP contribution >= 0.6 is 27.3 Å². The summed E-state index contributed by atoms with van der Waals surface area (Å²) in [6.45, 7) is 6.79. The van der Waals surface area contributed by atoms with E-state index >= 15 is 0 Å². The van der Waals surface area contributed by atoms with E-state index in [1.165, 1.54) is 15.3 Å². The first-order valence-electron chi connectivity index (χ1n) is 7.20. The molecule has 2 aromatic rings. The van der Waals surface area contributed by atoms with Crippen molar-refractivity contribution in [1.29, 1.82) is 0 Å². The molecule has 1 aromatic carbocycles. The molecule has 0 fully saturated rings. The highest BCUT2D eigenvalue weighted by atomic mass is 79.9. The molecule has 5 heteroatoms. The van der Waals surface area contributed by atoms with Gasteiger partial charge in [0.05, 0.1) is 6.04 Å². The number of hydrogen-bond acceptors (Lipinski definition) is 2. The van der Waals surface area contributed by atoms with Crippen molar-refractivity contribution >= 4 is 33.3 Å². The third-order valence-electron chi connectivity index (χ3n) is 3.60. The van der Waals surface area contributed by atoms with Gasteiger partial charge in [0.15, 0.2) is 0 Å². The molecular formula is C17H21BrN2OS. The molecule has 0 saturated heterocycles. The topological polar surface area (TPSA) is 32.3 Å². The van der Waals surface area contributed by atoms with Crippen LogP contribution in [0.5, 0.6) is 0 Å². The summed E-state index contributed by atoms with van der Waals surface area (Å²) in [5, 5.41) is 3.07. The first kappa shape index (κ1) is 17.0. The van der Waals surface area contributed by atoms with Crippen LogP contribution in [-0.4, -0.2) is 18.0 Å². The zero-order valence-corrected chi connectivity index (χ0v) is 15.7. The van der Waals surface area contributed by atoms with Crippen molar-refractivity contribution in [2.45, 2.75) is 33.4 Å². The van der Waals surface area contributed by atoms with E-state index in [0.29, 0.717) is 6.54 Å². The van der Waals surface area contributed by atoms with Crippen LogP contribution in [0.4, 0.5) is 4.79 Å². The van der Waals surface area contributed by atoms with Crippen molar-refractivity contribution in [2.24, 2.45) is 0 Å². The number of nitrogens with zero attached hydrogens (tertiary/aromatic N) is 1.